The van der Waals surface area contributed by atoms with E-state index in [0.717, 1.165) is 15.9 Å². The Morgan fingerprint density at radius 1 is 1.24 bits per heavy atom. The molecule has 0 radical (unpaired) electrons. The topological polar surface area (TPSA) is 73.6 Å². The van der Waals surface area contributed by atoms with Gasteiger partial charge in [0, 0.05) is 11.9 Å². The average molecular weight is 295 g/mol. The summed E-state index contributed by atoms with van der Waals surface area (Å²) in [7, 11) is 1.79. The summed E-state index contributed by atoms with van der Waals surface area (Å²) in [6.07, 6.45) is 0. The number of para-hydroxylation sites is 1. The smallest absolute Gasteiger partial charge is 0.225 e. The van der Waals surface area contributed by atoms with Crippen molar-refractivity contribution >= 4 is 39.0 Å². The number of fused-ring (bicyclic) bond motifs is 1. The lowest BCUT2D eigenvalue weighted by Gasteiger charge is -2.09. The molecule has 0 bridgehead atoms. The molecule has 0 aliphatic heterocycles. The molecule has 0 fully saturated rings. The Hall–Kier alpha value is -2.65. The van der Waals surface area contributed by atoms with Gasteiger partial charge in [-0.05, 0) is 25.1 Å². The second kappa shape index (κ2) is 5.38. The van der Waals surface area contributed by atoms with Gasteiger partial charge in [-0.3, -0.25) is 0 Å². The summed E-state index contributed by atoms with van der Waals surface area (Å²) < 4.78 is 0. The van der Waals surface area contributed by atoms with Crippen molar-refractivity contribution in [2.45, 2.75) is 6.92 Å². The monoisotopic (exact) mass is 295 g/mol. The van der Waals surface area contributed by atoms with E-state index in [1.54, 1.807) is 24.5 Å². The molecule has 0 atom stereocenters. The Bertz CT molecular complexity index is 847. The van der Waals surface area contributed by atoms with E-state index in [1.165, 1.54) is 4.88 Å². The summed E-state index contributed by atoms with van der Waals surface area (Å²) in [6, 6.07) is 11.6. The van der Waals surface area contributed by atoms with Gasteiger partial charge in [0.2, 0.25) is 5.95 Å². The highest BCUT2D eigenvalue weighted by molar-refractivity contribution is 7.18. The summed E-state index contributed by atoms with van der Waals surface area (Å²) in [4.78, 5) is 11.0. The minimum absolute atomic E-state index is 0.557. The number of nitriles is 1. The first-order valence-electron chi connectivity index (χ1n) is 6.43. The number of aryl methyl sites for hydroxylation is 1. The maximum absolute atomic E-state index is 9.18. The van der Waals surface area contributed by atoms with Crippen molar-refractivity contribution in [2.75, 3.05) is 17.7 Å². The van der Waals surface area contributed by atoms with Crippen molar-refractivity contribution in [2.24, 2.45) is 0 Å². The molecule has 0 saturated carbocycles. The van der Waals surface area contributed by atoms with Crippen LogP contribution in [0.25, 0.3) is 10.2 Å². The normalized spacial score (nSPS) is 10.3. The fourth-order valence-electron chi connectivity index (χ4n) is 2.07. The number of benzene rings is 1. The molecule has 0 saturated heterocycles. The van der Waals surface area contributed by atoms with Gasteiger partial charge in [-0.2, -0.15) is 10.2 Å². The van der Waals surface area contributed by atoms with Gasteiger partial charge >= 0.3 is 0 Å². The highest BCUT2D eigenvalue weighted by Crippen LogP contribution is 2.31. The maximum atomic E-state index is 9.18. The second-order valence-electron chi connectivity index (χ2n) is 4.50. The van der Waals surface area contributed by atoms with Crippen LogP contribution in [0, 0.1) is 18.3 Å². The minimum Gasteiger partial charge on any atom is -0.357 e. The lowest BCUT2D eigenvalue weighted by atomic mass is 10.2. The molecule has 0 amide bonds. The van der Waals surface area contributed by atoms with Crippen molar-refractivity contribution in [1.82, 2.24) is 9.97 Å². The van der Waals surface area contributed by atoms with E-state index in [-0.39, 0.29) is 0 Å². The predicted molar refractivity (Wildman–Crippen MR) is 86.1 cm³/mol. The SMILES string of the molecule is CNc1nc(Nc2ccccc2C#N)c2cc(C)sc2n1. The first-order chi connectivity index (χ1) is 10.2. The summed E-state index contributed by atoms with van der Waals surface area (Å²) in [6.45, 7) is 2.04. The van der Waals surface area contributed by atoms with Crippen LogP contribution in [0.3, 0.4) is 0 Å². The molecule has 0 unspecified atom stereocenters. The van der Waals surface area contributed by atoms with E-state index in [4.69, 9.17) is 0 Å². The number of thiophene rings is 1. The molecule has 3 rings (SSSR count). The molecule has 0 spiro atoms. The van der Waals surface area contributed by atoms with Crippen molar-refractivity contribution in [3.8, 4) is 6.07 Å². The molecule has 1 aromatic carbocycles. The lowest BCUT2D eigenvalue weighted by Crippen LogP contribution is -2.01. The number of hydrogen-bond donors (Lipinski definition) is 2. The molecule has 104 valence electrons. The number of rotatable bonds is 3. The quantitative estimate of drug-likeness (QED) is 0.771. The third-order valence-electron chi connectivity index (χ3n) is 3.04. The largest absolute Gasteiger partial charge is 0.357 e. The van der Waals surface area contributed by atoms with Gasteiger partial charge in [0.15, 0.2) is 0 Å². The van der Waals surface area contributed by atoms with E-state index in [2.05, 4.69) is 32.7 Å². The molecule has 2 N–H and O–H groups in total. The van der Waals surface area contributed by atoms with Gasteiger partial charge < -0.3 is 10.6 Å². The zero-order valence-corrected chi connectivity index (χ0v) is 12.5. The molecular weight excluding hydrogens is 282 g/mol. The van der Waals surface area contributed by atoms with Gasteiger partial charge in [0.1, 0.15) is 16.7 Å². The van der Waals surface area contributed by atoms with Crippen LogP contribution in [-0.2, 0) is 0 Å². The number of aromatic nitrogens is 2. The van der Waals surface area contributed by atoms with Gasteiger partial charge in [-0.15, -0.1) is 11.3 Å². The van der Waals surface area contributed by atoms with Crippen LogP contribution in [0.5, 0.6) is 0 Å². The highest BCUT2D eigenvalue weighted by Gasteiger charge is 2.11. The molecule has 0 aliphatic rings. The Balaban J connectivity index is 2.13. The fourth-order valence-corrected chi connectivity index (χ4v) is 2.95. The zero-order chi connectivity index (χ0) is 14.8. The van der Waals surface area contributed by atoms with Gasteiger partial charge in [0.25, 0.3) is 0 Å². The van der Waals surface area contributed by atoms with Crippen molar-refractivity contribution in [3.63, 3.8) is 0 Å². The molecule has 5 nitrogen and oxygen atoms in total. The van der Waals surface area contributed by atoms with E-state index < -0.39 is 0 Å². The molecule has 2 heterocycles. The van der Waals surface area contributed by atoms with Gasteiger partial charge in [-0.25, -0.2) is 4.98 Å². The van der Waals surface area contributed by atoms with Crippen molar-refractivity contribution in [1.29, 1.82) is 5.26 Å². The van der Waals surface area contributed by atoms with E-state index in [0.29, 0.717) is 17.3 Å². The fraction of sp³-hybridized carbons (Fsp3) is 0.133. The van der Waals surface area contributed by atoms with E-state index in [1.807, 2.05) is 25.1 Å². The molecule has 6 heteroatoms. The summed E-state index contributed by atoms with van der Waals surface area (Å²) in [5.74, 6) is 1.26. The second-order valence-corrected chi connectivity index (χ2v) is 5.74. The Morgan fingerprint density at radius 2 is 2.05 bits per heavy atom. The van der Waals surface area contributed by atoms with Crippen LogP contribution in [0.4, 0.5) is 17.5 Å². The number of nitrogens with zero attached hydrogens (tertiary/aromatic N) is 3. The third kappa shape index (κ3) is 2.51. The van der Waals surface area contributed by atoms with Gasteiger partial charge in [-0.1, -0.05) is 12.1 Å². The summed E-state index contributed by atoms with van der Waals surface area (Å²) in [5.41, 5.74) is 1.33. The van der Waals surface area contributed by atoms with Crippen molar-refractivity contribution < 1.29 is 0 Å². The summed E-state index contributed by atoms with van der Waals surface area (Å²) in [5, 5.41) is 16.4. The number of anilines is 3. The first-order valence-corrected chi connectivity index (χ1v) is 7.25. The number of hydrogen-bond acceptors (Lipinski definition) is 6. The predicted octanol–water partition coefficient (Wildman–Crippen LogP) is 3.66. The van der Waals surface area contributed by atoms with Crippen LogP contribution < -0.4 is 10.6 Å². The Labute approximate surface area is 126 Å². The van der Waals surface area contributed by atoms with Crippen LogP contribution in [0.15, 0.2) is 30.3 Å². The molecule has 2 aromatic heterocycles. The van der Waals surface area contributed by atoms with E-state index >= 15 is 0 Å². The average Bonchev–Trinajstić information content (AvgIpc) is 2.88. The van der Waals surface area contributed by atoms with Crippen LogP contribution in [0.1, 0.15) is 10.4 Å². The third-order valence-corrected chi connectivity index (χ3v) is 3.98. The minimum atomic E-state index is 0.557. The first kappa shape index (κ1) is 13.3. The lowest BCUT2D eigenvalue weighted by molar-refractivity contribution is 1.20. The molecular formula is C15H13N5S. The highest BCUT2D eigenvalue weighted by atomic mass is 32.1. The van der Waals surface area contributed by atoms with Crippen LogP contribution in [0.2, 0.25) is 0 Å². The Kier molecular flexibility index (Phi) is 3.42. The van der Waals surface area contributed by atoms with Crippen molar-refractivity contribution in [3.05, 3.63) is 40.8 Å². The summed E-state index contributed by atoms with van der Waals surface area (Å²) >= 11 is 1.62. The maximum Gasteiger partial charge on any atom is 0.225 e. The molecule has 0 aliphatic carbocycles. The molecule has 3 aromatic rings. The van der Waals surface area contributed by atoms with Gasteiger partial charge in [0.05, 0.1) is 16.6 Å². The standard InChI is InChI=1S/C15H13N5S/c1-9-7-11-13(19-15(17-2)20-14(11)21-9)18-12-6-4-3-5-10(12)8-16/h3-7H,1-2H3,(H2,17,18,19,20). The van der Waals surface area contributed by atoms with Crippen LogP contribution in [-0.4, -0.2) is 17.0 Å². The van der Waals surface area contributed by atoms with Crippen LogP contribution >= 0.6 is 11.3 Å². The number of nitrogens with one attached hydrogen (secondary N) is 2. The zero-order valence-electron chi connectivity index (χ0n) is 11.6. The van der Waals surface area contributed by atoms with E-state index in [9.17, 15) is 5.26 Å². The Morgan fingerprint density at radius 3 is 2.81 bits per heavy atom. The molecule has 21 heavy (non-hydrogen) atoms.